The molecule has 0 bridgehead atoms. The highest BCUT2D eigenvalue weighted by Crippen LogP contribution is 2.14. The summed E-state index contributed by atoms with van der Waals surface area (Å²) >= 11 is 1.27. The van der Waals surface area contributed by atoms with E-state index in [2.05, 4.69) is 15.2 Å². The Labute approximate surface area is 115 Å². The standard InChI is InChI=1S/C13H15N3O2S/c1-2-18-12(17)9-19-13-14-11(15-16-13)8-10-6-4-3-5-7-10/h3-7H,2,8-9H2,1H3,(H,14,15,16). The second-order valence-corrected chi connectivity index (χ2v) is 4.76. The summed E-state index contributed by atoms with van der Waals surface area (Å²) in [5.74, 6) is 0.774. The number of carbonyl (C=O) groups is 1. The molecular formula is C13H15N3O2S. The molecule has 1 aromatic carbocycles. The maximum Gasteiger partial charge on any atom is 0.316 e. The Morgan fingerprint density at radius 1 is 1.37 bits per heavy atom. The number of thioether (sulfide) groups is 1. The van der Waals surface area contributed by atoms with Gasteiger partial charge < -0.3 is 4.74 Å². The van der Waals surface area contributed by atoms with Gasteiger partial charge in [0.25, 0.3) is 0 Å². The van der Waals surface area contributed by atoms with E-state index >= 15 is 0 Å². The molecule has 19 heavy (non-hydrogen) atoms. The van der Waals surface area contributed by atoms with Gasteiger partial charge in [0.15, 0.2) is 0 Å². The summed E-state index contributed by atoms with van der Waals surface area (Å²) in [5.41, 5.74) is 1.17. The Kier molecular flexibility index (Phi) is 4.97. The summed E-state index contributed by atoms with van der Waals surface area (Å²) in [6, 6.07) is 10.0. The van der Waals surface area contributed by atoms with Crippen molar-refractivity contribution in [3.63, 3.8) is 0 Å². The number of aromatic nitrogens is 3. The van der Waals surface area contributed by atoms with Crippen LogP contribution in [0.15, 0.2) is 35.5 Å². The Balaban J connectivity index is 1.87. The lowest BCUT2D eigenvalue weighted by Crippen LogP contribution is -2.06. The van der Waals surface area contributed by atoms with Crippen LogP contribution < -0.4 is 0 Å². The van der Waals surface area contributed by atoms with Gasteiger partial charge in [-0.15, -0.1) is 5.10 Å². The van der Waals surface area contributed by atoms with E-state index < -0.39 is 0 Å². The van der Waals surface area contributed by atoms with Gasteiger partial charge in [-0.3, -0.25) is 9.89 Å². The first kappa shape index (κ1) is 13.6. The quantitative estimate of drug-likeness (QED) is 0.646. The lowest BCUT2D eigenvalue weighted by molar-refractivity contribution is -0.139. The summed E-state index contributed by atoms with van der Waals surface area (Å²) in [5, 5.41) is 7.51. The molecule has 6 heteroatoms. The summed E-state index contributed by atoms with van der Waals surface area (Å²) in [7, 11) is 0. The van der Waals surface area contributed by atoms with Crippen molar-refractivity contribution in [2.45, 2.75) is 18.5 Å². The Bertz CT molecular complexity index is 528. The predicted molar refractivity (Wildman–Crippen MR) is 73.0 cm³/mol. The van der Waals surface area contributed by atoms with Crippen LogP contribution in [0, 0.1) is 0 Å². The van der Waals surface area contributed by atoms with Gasteiger partial charge in [-0.1, -0.05) is 42.1 Å². The van der Waals surface area contributed by atoms with Gasteiger partial charge >= 0.3 is 5.97 Å². The number of hydrogen-bond acceptors (Lipinski definition) is 5. The Morgan fingerprint density at radius 2 is 2.16 bits per heavy atom. The minimum absolute atomic E-state index is 0.233. The molecule has 0 fully saturated rings. The lowest BCUT2D eigenvalue weighted by atomic mass is 10.1. The van der Waals surface area contributed by atoms with Crippen LogP contribution in [0.25, 0.3) is 0 Å². The fourth-order valence-corrected chi connectivity index (χ4v) is 2.15. The van der Waals surface area contributed by atoms with Crippen molar-refractivity contribution in [3.8, 4) is 0 Å². The molecule has 0 unspecified atom stereocenters. The van der Waals surface area contributed by atoms with Crippen molar-refractivity contribution in [2.75, 3.05) is 12.4 Å². The van der Waals surface area contributed by atoms with Gasteiger partial charge in [-0.25, -0.2) is 4.98 Å². The van der Waals surface area contributed by atoms with Crippen LogP contribution >= 0.6 is 11.8 Å². The van der Waals surface area contributed by atoms with Gasteiger partial charge in [0.1, 0.15) is 5.82 Å². The third kappa shape index (κ3) is 4.40. The summed E-state index contributed by atoms with van der Waals surface area (Å²) in [6.45, 7) is 2.18. The number of aromatic amines is 1. The number of hydrogen-bond donors (Lipinski definition) is 1. The third-order valence-electron chi connectivity index (χ3n) is 2.35. The number of ether oxygens (including phenoxy) is 1. The molecule has 0 aliphatic rings. The third-order valence-corrected chi connectivity index (χ3v) is 3.17. The van der Waals surface area contributed by atoms with Crippen LogP contribution in [0.5, 0.6) is 0 Å². The van der Waals surface area contributed by atoms with E-state index in [0.29, 0.717) is 18.2 Å². The number of benzene rings is 1. The minimum Gasteiger partial charge on any atom is -0.465 e. The average Bonchev–Trinajstić information content (AvgIpc) is 2.86. The number of nitrogens with one attached hydrogen (secondary N) is 1. The molecule has 1 aromatic heterocycles. The zero-order valence-electron chi connectivity index (χ0n) is 10.6. The van der Waals surface area contributed by atoms with Crippen molar-refractivity contribution in [1.29, 1.82) is 0 Å². The van der Waals surface area contributed by atoms with Gasteiger partial charge in [-0.2, -0.15) is 0 Å². The van der Waals surface area contributed by atoms with Gasteiger partial charge in [0.05, 0.1) is 12.4 Å². The van der Waals surface area contributed by atoms with E-state index in [1.165, 1.54) is 17.3 Å². The highest BCUT2D eigenvalue weighted by atomic mass is 32.2. The number of nitrogens with zero attached hydrogens (tertiary/aromatic N) is 2. The molecule has 5 nitrogen and oxygen atoms in total. The largest absolute Gasteiger partial charge is 0.465 e. The first-order valence-electron chi connectivity index (χ1n) is 6.01. The highest BCUT2D eigenvalue weighted by molar-refractivity contribution is 7.99. The van der Waals surface area contributed by atoms with Crippen LogP contribution in [0.4, 0.5) is 0 Å². The second kappa shape index (κ2) is 6.94. The Hall–Kier alpha value is -1.82. The van der Waals surface area contributed by atoms with E-state index in [0.717, 1.165) is 5.82 Å². The first-order chi connectivity index (χ1) is 9.28. The molecule has 2 rings (SSSR count). The normalized spacial score (nSPS) is 10.4. The molecule has 2 aromatic rings. The van der Waals surface area contributed by atoms with Crippen LogP contribution in [0.1, 0.15) is 18.3 Å². The number of H-pyrrole nitrogens is 1. The van der Waals surface area contributed by atoms with Crippen LogP contribution in [0.2, 0.25) is 0 Å². The maximum atomic E-state index is 11.2. The molecule has 0 amide bonds. The van der Waals surface area contributed by atoms with E-state index in [-0.39, 0.29) is 11.7 Å². The fourth-order valence-electron chi connectivity index (χ4n) is 1.54. The monoisotopic (exact) mass is 277 g/mol. The molecule has 0 spiro atoms. The van der Waals surface area contributed by atoms with E-state index in [1.54, 1.807) is 6.92 Å². The van der Waals surface area contributed by atoms with Crippen molar-refractivity contribution >= 4 is 17.7 Å². The number of esters is 1. The zero-order chi connectivity index (χ0) is 13.5. The minimum atomic E-state index is -0.248. The van der Waals surface area contributed by atoms with Crippen molar-refractivity contribution in [3.05, 3.63) is 41.7 Å². The predicted octanol–water partition coefficient (Wildman–Crippen LogP) is 2.05. The highest BCUT2D eigenvalue weighted by Gasteiger charge is 2.08. The zero-order valence-corrected chi connectivity index (χ0v) is 11.4. The van der Waals surface area contributed by atoms with Crippen LogP contribution in [0.3, 0.4) is 0 Å². The van der Waals surface area contributed by atoms with Gasteiger partial charge in [0, 0.05) is 6.42 Å². The van der Waals surface area contributed by atoms with Crippen molar-refractivity contribution in [2.24, 2.45) is 0 Å². The smallest absolute Gasteiger partial charge is 0.316 e. The molecular weight excluding hydrogens is 262 g/mol. The molecule has 0 saturated carbocycles. The van der Waals surface area contributed by atoms with E-state index in [1.807, 2.05) is 30.3 Å². The molecule has 0 aliphatic carbocycles. The molecule has 0 atom stereocenters. The lowest BCUT2D eigenvalue weighted by Gasteiger charge is -1.98. The Morgan fingerprint density at radius 3 is 2.89 bits per heavy atom. The first-order valence-corrected chi connectivity index (χ1v) is 7.00. The van der Waals surface area contributed by atoms with Gasteiger partial charge in [-0.05, 0) is 12.5 Å². The average molecular weight is 277 g/mol. The molecule has 0 radical (unpaired) electrons. The van der Waals surface area contributed by atoms with Crippen LogP contribution in [-0.2, 0) is 16.0 Å². The number of rotatable bonds is 6. The van der Waals surface area contributed by atoms with Gasteiger partial charge in [0.2, 0.25) is 5.16 Å². The topological polar surface area (TPSA) is 67.9 Å². The maximum absolute atomic E-state index is 11.2. The molecule has 1 N–H and O–H groups in total. The summed E-state index contributed by atoms with van der Waals surface area (Å²) in [6.07, 6.45) is 0.702. The summed E-state index contributed by atoms with van der Waals surface area (Å²) in [4.78, 5) is 15.5. The van der Waals surface area contributed by atoms with E-state index in [9.17, 15) is 4.79 Å². The second-order valence-electron chi connectivity index (χ2n) is 3.82. The molecule has 1 heterocycles. The fraction of sp³-hybridized carbons (Fsp3) is 0.308. The number of carbonyl (C=O) groups excluding carboxylic acids is 1. The van der Waals surface area contributed by atoms with Crippen molar-refractivity contribution < 1.29 is 9.53 Å². The molecule has 100 valence electrons. The molecule has 0 aliphatic heterocycles. The molecule has 0 saturated heterocycles. The van der Waals surface area contributed by atoms with Crippen molar-refractivity contribution in [1.82, 2.24) is 15.2 Å². The summed E-state index contributed by atoms with van der Waals surface area (Å²) < 4.78 is 4.84. The van der Waals surface area contributed by atoms with E-state index in [4.69, 9.17) is 4.74 Å². The van der Waals surface area contributed by atoms with Crippen LogP contribution in [-0.4, -0.2) is 33.5 Å². The SMILES string of the molecule is CCOC(=O)CSc1n[nH]c(Cc2ccccc2)n1.